The number of alkyl carbamates (subject to hydrolysis) is 1. The number of fused-ring (bicyclic) bond motifs is 1. The minimum absolute atomic E-state index is 0.0233. The number of hydrogen-bond donors (Lipinski definition) is 1. The number of nitrogens with zero attached hydrogens (tertiary/aromatic N) is 3. The van der Waals surface area contributed by atoms with Crippen LogP contribution in [0.2, 0.25) is 5.02 Å². The zero-order valence-corrected chi connectivity index (χ0v) is 28.2. The number of hydrogen-bond acceptors (Lipinski definition) is 7. The first-order valence-corrected chi connectivity index (χ1v) is 16.3. The second kappa shape index (κ2) is 15.6. The summed E-state index contributed by atoms with van der Waals surface area (Å²) in [6.45, 7) is 5.73. The summed E-state index contributed by atoms with van der Waals surface area (Å²) < 4.78 is 40.0. The molecule has 1 N–H and O–H groups in total. The Bertz CT molecular complexity index is 1600. The minimum atomic E-state index is -0.609. The average Bonchev–Trinajstić information content (AvgIpc) is 3.33. The molecule has 2 amide bonds. The van der Waals surface area contributed by atoms with Crippen molar-refractivity contribution in [3.05, 3.63) is 74.8 Å². The highest BCUT2D eigenvalue weighted by Gasteiger charge is 2.33. The molecule has 5 rings (SSSR count). The lowest BCUT2D eigenvalue weighted by Gasteiger charge is -2.34. The lowest BCUT2D eigenvalue weighted by atomic mass is 9.93. The molecule has 2 aliphatic carbocycles. The Morgan fingerprint density at radius 3 is 2.43 bits per heavy atom. The summed E-state index contributed by atoms with van der Waals surface area (Å²) in [6, 6.07) is 5.67. The van der Waals surface area contributed by atoms with Crippen LogP contribution in [0.3, 0.4) is 0 Å². The van der Waals surface area contributed by atoms with E-state index in [1.807, 2.05) is 39.0 Å². The quantitative estimate of drug-likeness (QED) is 0.281. The number of amides is 2. The maximum absolute atomic E-state index is 14.8. The van der Waals surface area contributed by atoms with Crippen LogP contribution in [-0.4, -0.2) is 52.7 Å². The number of ether oxygens (including phenoxy) is 2. The molecule has 12 heteroatoms. The molecule has 2 aromatic heterocycles. The molecule has 1 aromatic carbocycles. The number of aromatic nitrogens is 2. The predicted molar refractivity (Wildman–Crippen MR) is 178 cm³/mol. The second-order valence-electron chi connectivity index (χ2n) is 11.9. The molecule has 0 radical (unpaired) electrons. The molecule has 0 atom stereocenters. The van der Waals surface area contributed by atoms with Crippen LogP contribution in [0.25, 0.3) is 22.9 Å². The Morgan fingerprint density at radius 1 is 1.11 bits per heavy atom. The third kappa shape index (κ3) is 8.70. The molecule has 0 saturated heterocycles. The maximum atomic E-state index is 14.8. The summed E-state index contributed by atoms with van der Waals surface area (Å²) in [7, 11) is 3.12. The number of rotatable bonds is 6. The minimum Gasteiger partial charge on any atom is -0.496 e. The number of carbonyl (C=O) groups is 2. The largest absolute Gasteiger partial charge is 0.496 e. The molecule has 2 aliphatic rings. The van der Waals surface area contributed by atoms with Gasteiger partial charge in [0.05, 0.1) is 34.5 Å². The first-order chi connectivity index (χ1) is 21.9. The summed E-state index contributed by atoms with van der Waals surface area (Å²) in [5.41, 5.74) is 1.93. The van der Waals surface area contributed by atoms with E-state index in [1.54, 1.807) is 30.6 Å². The Kier molecular flexibility index (Phi) is 11.9. The summed E-state index contributed by atoms with van der Waals surface area (Å²) in [4.78, 5) is 35.1. The Labute approximate surface area is 277 Å². The van der Waals surface area contributed by atoms with E-state index in [2.05, 4.69) is 15.3 Å². The van der Waals surface area contributed by atoms with Gasteiger partial charge in [0.2, 0.25) is 0 Å². The van der Waals surface area contributed by atoms with E-state index < -0.39 is 11.7 Å². The van der Waals surface area contributed by atoms with Crippen molar-refractivity contribution < 1.29 is 27.8 Å². The van der Waals surface area contributed by atoms with Crippen molar-refractivity contribution in [1.29, 1.82) is 0 Å². The summed E-state index contributed by atoms with van der Waals surface area (Å²) in [6.07, 6.45) is 12.1. The van der Waals surface area contributed by atoms with Crippen molar-refractivity contribution in [2.45, 2.75) is 77.5 Å². The number of thiophene rings is 1. The zero-order valence-electron chi connectivity index (χ0n) is 26.7. The molecule has 0 unspecified atom stereocenters. The molecule has 1 fully saturated rings. The second-order valence-corrected chi connectivity index (χ2v) is 13.3. The zero-order chi connectivity index (χ0) is 33.4. The number of carbonyl (C=O) groups excluding carboxylic acids is 2. The van der Waals surface area contributed by atoms with E-state index >= 15 is 0 Å². The summed E-state index contributed by atoms with van der Waals surface area (Å²) in [5, 5.41) is 2.32. The van der Waals surface area contributed by atoms with Gasteiger partial charge in [-0.3, -0.25) is 14.8 Å². The van der Waals surface area contributed by atoms with Gasteiger partial charge in [-0.25, -0.2) is 13.6 Å². The standard InChI is InChI=1S/C28H26ClF2N3O2S.C6H13NO2/c1-36-23-11-10-17(22-15-32-12-13-33-22)14-18(23)16-34(19-6-3-2-4-7-19)28(35)27-25(29)24-20(30)8-5-9-21(31)26(24)37-27;1-6(2,3)9-5(8)7-4/h8-15,19H,2-7,16H2,1H3;1-4H3,(H,7,8). The molecular formula is C34H39ClF2N4O4S. The van der Waals surface area contributed by atoms with Crippen LogP contribution in [-0.2, 0) is 11.3 Å². The highest BCUT2D eigenvalue weighted by molar-refractivity contribution is 7.16. The molecule has 46 heavy (non-hydrogen) atoms. The van der Waals surface area contributed by atoms with Gasteiger partial charge in [0.15, 0.2) is 0 Å². The van der Waals surface area contributed by atoms with Crippen LogP contribution in [0.15, 0.2) is 48.9 Å². The first kappa shape index (κ1) is 35.0. The van der Waals surface area contributed by atoms with E-state index in [4.69, 9.17) is 21.1 Å². The number of halogens is 3. The van der Waals surface area contributed by atoms with Crippen molar-refractivity contribution in [1.82, 2.24) is 20.2 Å². The van der Waals surface area contributed by atoms with Crippen LogP contribution in [0, 0.1) is 0 Å². The molecular weight excluding hydrogens is 634 g/mol. The summed E-state index contributed by atoms with van der Waals surface area (Å²) >= 11 is 7.48. The van der Waals surface area contributed by atoms with Gasteiger partial charge in [-0.05, 0) is 70.4 Å². The normalized spacial score (nSPS) is 14.9. The smallest absolute Gasteiger partial charge is 0.407 e. The fraction of sp³-hybridized carbons (Fsp3) is 0.412. The van der Waals surface area contributed by atoms with E-state index in [1.165, 1.54) is 19.2 Å². The van der Waals surface area contributed by atoms with E-state index in [9.17, 15) is 18.4 Å². The molecule has 0 bridgehead atoms. The SMILES string of the molecule is CNC(=O)OC(C)(C)C.COc1ccc(-c2cnccn2)cc1CN(C(=O)c1sc2c(c1Cl)C(F)=CCC=C2F)C1CCCCC1. The van der Waals surface area contributed by atoms with Crippen molar-refractivity contribution >= 4 is 46.6 Å². The van der Waals surface area contributed by atoms with Gasteiger partial charge < -0.3 is 19.7 Å². The predicted octanol–water partition coefficient (Wildman–Crippen LogP) is 9.01. The van der Waals surface area contributed by atoms with Gasteiger partial charge in [0.25, 0.3) is 5.91 Å². The number of benzene rings is 1. The van der Waals surface area contributed by atoms with Gasteiger partial charge in [-0.2, -0.15) is 0 Å². The molecule has 2 heterocycles. The first-order valence-electron chi connectivity index (χ1n) is 15.1. The lowest BCUT2D eigenvalue weighted by Crippen LogP contribution is -2.40. The van der Waals surface area contributed by atoms with Gasteiger partial charge in [-0.15, -0.1) is 11.3 Å². The van der Waals surface area contributed by atoms with Gasteiger partial charge in [-0.1, -0.05) is 30.9 Å². The van der Waals surface area contributed by atoms with Gasteiger partial charge in [0.1, 0.15) is 27.9 Å². The third-order valence-electron chi connectivity index (χ3n) is 7.45. The van der Waals surface area contributed by atoms with Crippen LogP contribution in [0.1, 0.15) is 85.0 Å². The van der Waals surface area contributed by atoms with E-state index in [0.717, 1.165) is 54.6 Å². The molecule has 246 valence electrons. The van der Waals surface area contributed by atoms with Gasteiger partial charge in [0, 0.05) is 43.2 Å². The van der Waals surface area contributed by atoms with Crippen LogP contribution >= 0.6 is 22.9 Å². The molecule has 8 nitrogen and oxygen atoms in total. The average molecular weight is 673 g/mol. The number of nitrogens with one attached hydrogen (secondary N) is 1. The van der Waals surface area contributed by atoms with Crippen LogP contribution in [0.4, 0.5) is 13.6 Å². The Balaban J connectivity index is 0.000000468. The molecule has 1 saturated carbocycles. The van der Waals surface area contributed by atoms with Crippen molar-refractivity contribution in [2.75, 3.05) is 14.2 Å². The Hall–Kier alpha value is -3.83. The van der Waals surface area contributed by atoms with Crippen molar-refractivity contribution in [2.24, 2.45) is 0 Å². The van der Waals surface area contributed by atoms with Crippen molar-refractivity contribution in [3.63, 3.8) is 0 Å². The number of methoxy groups -OCH3 is 1. The van der Waals surface area contributed by atoms with E-state index in [-0.39, 0.29) is 56.9 Å². The molecule has 0 aliphatic heterocycles. The monoisotopic (exact) mass is 672 g/mol. The Morgan fingerprint density at radius 2 is 1.83 bits per heavy atom. The summed E-state index contributed by atoms with van der Waals surface area (Å²) in [5.74, 6) is -0.867. The fourth-order valence-electron chi connectivity index (χ4n) is 5.30. The van der Waals surface area contributed by atoms with Crippen LogP contribution in [0.5, 0.6) is 5.75 Å². The van der Waals surface area contributed by atoms with Crippen molar-refractivity contribution in [3.8, 4) is 17.0 Å². The van der Waals surface area contributed by atoms with Crippen LogP contribution < -0.4 is 10.1 Å². The number of allylic oxidation sites excluding steroid dienone is 2. The third-order valence-corrected chi connectivity index (χ3v) is 9.13. The molecule has 3 aromatic rings. The lowest BCUT2D eigenvalue weighted by molar-refractivity contribution is 0.0540. The highest BCUT2D eigenvalue weighted by Crippen LogP contribution is 2.45. The molecule has 0 spiro atoms. The highest BCUT2D eigenvalue weighted by atomic mass is 35.5. The topological polar surface area (TPSA) is 93.7 Å². The van der Waals surface area contributed by atoms with E-state index in [0.29, 0.717) is 11.4 Å². The maximum Gasteiger partial charge on any atom is 0.407 e. The van der Waals surface area contributed by atoms with Gasteiger partial charge >= 0.3 is 6.09 Å². The fourth-order valence-corrected chi connectivity index (χ4v) is 6.82.